The van der Waals surface area contributed by atoms with Gasteiger partial charge in [0.1, 0.15) is 29.5 Å². The molecule has 0 saturated carbocycles. The van der Waals surface area contributed by atoms with E-state index in [1.165, 1.54) is 12.3 Å². The van der Waals surface area contributed by atoms with E-state index in [9.17, 15) is 19.2 Å². The monoisotopic (exact) mass is 723 g/mol. The number of carbonyl (C=O) groups excluding carboxylic acids is 3. The van der Waals surface area contributed by atoms with Crippen molar-refractivity contribution in [2.75, 3.05) is 24.6 Å². The van der Waals surface area contributed by atoms with Gasteiger partial charge in [0, 0.05) is 64.3 Å². The fraction of sp³-hybridized carbons (Fsp3) is 0.214. The second-order valence-corrected chi connectivity index (χ2v) is 13.5. The van der Waals surface area contributed by atoms with E-state index in [0.717, 1.165) is 22.0 Å². The Morgan fingerprint density at radius 1 is 1.04 bits per heavy atom. The molecular formula is C42H34FN5O6. The van der Waals surface area contributed by atoms with Crippen LogP contribution in [0.5, 0.6) is 5.75 Å². The lowest BCUT2D eigenvalue weighted by Gasteiger charge is -2.32. The average Bonchev–Trinajstić information content (AvgIpc) is 3.58. The summed E-state index contributed by atoms with van der Waals surface area (Å²) in [7, 11) is 1.74. The number of pyridine rings is 2. The molecular weight excluding hydrogens is 689 g/mol. The third-order valence-corrected chi connectivity index (χ3v) is 10.0. The number of halogens is 1. The van der Waals surface area contributed by atoms with E-state index >= 15 is 4.39 Å². The number of benzene rings is 3. The second kappa shape index (κ2) is 13.7. The van der Waals surface area contributed by atoms with Crippen LogP contribution in [0.25, 0.3) is 33.0 Å². The van der Waals surface area contributed by atoms with E-state index < -0.39 is 17.6 Å². The molecule has 0 bridgehead atoms. The number of ether oxygens (including phenoxy) is 1. The van der Waals surface area contributed by atoms with Gasteiger partial charge in [0.25, 0.3) is 11.5 Å². The first-order valence-corrected chi connectivity index (χ1v) is 17.5. The van der Waals surface area contributed by atoms with Gasteiger partial charge in [-0.25, -0.2) is 4.39 Å². The van der Waals surface area contributed by atoms with Crippen LogP contribution < -0.4 is 25.8 Å². The van der Waals surface area contributed by atoms with Gasteiger partial charge in [0.2, 0.25) is 11.8 Å². The maximum Gasteiger partial charge on any atom is 0.270 e. The number of hydrogen-bond acceptors (Lipinski definition) is 8. The Labute approximate surface area is 308 Å². The van der Waals surface area contributed by atoms with Gasteiger partial charge in [-0.05, 0) is 74.4 Å². The van der Waals surface area contributed by atoms with Gasteiger partial charge >= 0.3 is 0 Å². The van der Waals surface area contributed by atoms with Gasteiger partial charge in [-0.15, -0.1) is 0 Å². The number of nitrogens with one attached hydrogen (secondary N) is 2. The van der Waals surface area contributed by atoms with Gasteiger partial charge < -0.3 is 23.9 Å². The smallest absolute Gasteiger partial charge is 0.270 e. The minimum Gasteiger partial charge on any atom is -0.490 e. The molecule has 270 valence electrons. The van der Waals surface area contributed by atoms with Crippen LogP contribution in [0.4, 0.5) is 15.8 Å². The molecule has 6 aromatic rings. The van der Waals surface area contributed by atoms with Crippen molar-refractivity contribution in [3.63, 3.8) is 0 Å². The number of piperidine rings is 1. The number of aryl methyl sites for hydroxylation is 3. The van der Waals surface area contributed by atoms with Crippen molar-refractivity contribution in [2.24, 2.45) is 7.05 Å². The molecule has 2 N–H and O–H groups in total. The topological polar surface area (TPSA) is 136 Å². The molecule has 1 fully saturated rings. The molecule has 0 spiro atoms. The van der Waals surface area contributed by atoms with Crippen LogP contribution >= 0.6 is 0 Å². The van der Waals surface area contributed by atoms with Crippen LogP contribution in [-0.4, -0.2) is 47.0 Å². The van der Waals surface area contributed by atoms with Crippen LogP contribution in [0.2, 0.25) is 0 Å². The Morgan fingerprint density at radius 2 is 1.89 bits per heavy atom. The minimum absolute atomic E-state index is 0.0466. The highest BCUT2D eigenvalue weighted by Gasteiger charge is 2.30. The largest absolute Gasteiger partial charge is 0.490 e. The first-order chi connectivity index (χ1) is 26.1. The fourth-order valence-electron chi connectivity index (χ4n) is 7.28. The number of nitrogens with zero attached hydrogens (tertiary/aromatic N) is 3. The van der Waals surface area contributed by atoms with Crippen molar-refractivity contribution in [3.8, 4) is 28.7 Å². The second-order valence-electron chi connectivity index (χ2n) is 13.5. The van der Waals surface area contributed by atoms with Crippen molar-refractivity contribution in [1.82, 2.24) is 20.2 Å². The molecule has 54 heavy (non-hydrogen) atoms. The zero-order valence-corrected chi connectivity index (χ0v) is 29.7. The van der Waals surface area contributed by atoms with Crippen LogP contribution in [0.3, 0.4) is 0 Å². The summed E-state index contributed by atoms with van der Waals surface area (Å²) in [5.41, 5.74) is 6.25. The summed E-state index contributed by atoms with van der Waals surface area (Å²) in [6.45, 7) is 4.43. The highest BCUT2D eigenvalue weighted by Crippen LogP contribution is 2.43. The molecule has 0 aliphatic carbocycles. The number of rotatable bonds is 5. The zero-order valence-electron chi connectivity index (χ0n) is 29.7. The first kappa shape index (κ1) is 34.4. The Balaban J connectivity index is 0.980. The molecule has 1 unspecified atom stereocenters. The fourth-order valence-corrected chi connectivity index (χ4v) is 7.28. The summed E-state index contributed by atoms with van der Waals surface area (Å²) >= 11 is 0. The summed E-state index contributed by atoms with van der Waals surface area (Å²) in [5, 5.41) is 6.78. The lowest BCUT2D eigenvalue weighted by molar-refractivity contribution is -0.134. The predicted molar refractivity (Wildman–Crippen MR) is 201 cm³/mol. The number of aromatic nitrogens is 2. The third-order valence-electron chi connectivity index (χ3n) is 10.0. The average molecular weight is 724 g/mol. The van der Waals surface area contributed by atoms with E-state index in [4.69, 9.17) is 9.15 Å². The van der Waals surface area contributed by atoms with E-state index in [1.54, 1.807) is 56.0 Å². The maximum atomic E-state index is 15.9. The normalized spacial score (nSPS) is 15.3. The maximum absolute atomic E-state index is 15.9. The van der Waals surface area contributed by atoms with E-state index in [1.807, 2.05) is 35.2 Å². The number of imide groups is 1. The van der Waals surface area contributed by atoms with Gasteiger partial charge in [0.15, 0.2) is 0 Å². The van der Waals surface area contributed by atoms with Crippen molar-refractivity contribution in [1.29, 1.82) is 0 Å². The molecule has 1 saturated heterocycles. The molecule has 3 aromatic carbocycles. The Kier molecular flexibility index (Phi) is 8.70. The molecule has 3 amide bonds. The number of hydrogen-bond donors (Lipinski definition) is 2. The lowest BCUT2D eigenvalue weighted by Crippen LogP contribution is -2.39. The quantitative estimate of drug-likeness (QED) is 0.165. The predicted octanol–water partition coefficient (Wildman–Crippen LogP) is 5.93. The zero-order chi connectivity index (χ0) is 37.7. The van der Waals surface area contributed by atoms with Gasteiger partial charge in [-0.2, -0.15) is 0 Å². The van der Waals surface area contributed by atoms with Crippen LogP contribution in [0, 0.1) is 31.5 Å². The van der Waals surface area contributed by atoms with Crippen molar-refractivity contribution < 1.29 is 27.9 Å². The molecule has 1 atom stereocenters. The Hall–Kier alpha value is -6.74. The highest BCUT2D eigenvalue weighted by molar-refractivity contribution is 6.03. The standard InChI is InChI=1S/C42H34FN5O6/c1-23-16-26(28-19-37-35(20-32(28)43)48(14-15-53-37)34-8-4-7-33-30(34)17-24(2)42(52)47(33)3)21-45-39(23)41(51)44-13-5-6-25-9-11-36-29(18-25)31(22-54-36)27-10-12-38(49)46-40(27)50/h4,7-9,11,16-22,27H,10,12-15H2,1-3H3,(H,44,51)(H,46,49,50). The van der Waals surface area contributed by atoms with Crippen LogP contribution in [0.15, 0.2) is 82.3 Å². The molecule has 0 radical (unpaired) electrons. The summed E-state index contributed by atoms with van der Waals surface area (Å²) in [5.74, 6) is 4.49. The van der Waals surface area contributed by atoms with E-state index in [0.29, 0.717) is 64.4 Å². The lowest BCUT2D eigenvalue weighted by atomic mass is 9.90. The summed E-state index contributed by atoms with van der Waals surface area (Å²) in [6.07, 6.45) is 3.68. The number of amides is 3. The Bertz CT molecular complexity index is 2690. The SMILES string of the molecule is Cc1cc(-c2cc3c(cc2F)N(c2cccc4c2cc(C)c(=O)n4C)CCO3)cnc1C(=O)NCC#Cc1ccc2occ(C3CCC(=O)NC3=O)c2c1. The molecule has 3 aromatic heterocycles. The molecule has 2 aliphatic heterocycles. The number of furan rings is 1. The van der Waals surface area contributed by atoms with Crippen molar-refractivity contribution >= 4 is 51.0 Å². The minimum atomic E-state index is -0.485. The number of anilines is 2. The van der Waals surface area contributed by atoms with E-state index in [-0.39, 0.29) is 41.6 Å². The molecule has 8 rings (SSSR count). The van der Waals surface area contributed by atoms with Gasteiger partial charge in [-0.3, -0.25) is 29.5 Å². The van der Waals surface area contributed by atoms with Crippen LogP contribution in [0.1, 0.15) is 51.5 Å². The highest BCUT2D eigenvalue weighted by atomic mass is 19.1. The van der Waals surface area contributed by atoms with E-state index in [2.05, 4.69) is 27.5 Å². The van der Waals surface area contributed by atoms with Crippen molar-refractivity contribution in [2.45, 2.75) is 32.6 Å². The molecule has 5 heterocycles. The summed E-state index contributed by atoms with van der Waals surface area (Å²) in [4.78, 5) is 56.1. The number of carbonyl (C=O) groups is 3. The summed E-state index contributed by atoms with van der Waals surface area (Å²) < 4.78 is 29.2. The molecule has 2 aliphatic rings. The van der Waals surface area contributed by atoms with Crippen molar-refractivity contribution in [3.05, 3.63) is 117 Å². The summed E-state index contributed by atoms with van der Waals surface area (Å²) in [6, 6.07) is 17.8. The van der Waals surface area contributed by atoms with Crippen LogP contribution in [-0.2, 0) is 16.6 Å². The van der Waals surface area contributed by atoms with Gasteiger partial charge in [-0.1, -0.05) is 17.9 Å². The Morgan fingerprint density at radius 3 is 2.70 bits per heavy atom. The molecule has 12 heteroatoms. The molecule has 11 nitrogen and oxygen atoms in total. The third kappa shape index (κ3) is 6.13. The number of fused-ring (bicyclic) bond motifs is 3. The van der Waals surface area contributed by atoms with Gasteiger partial charge in [0.05, 0.1) is 42.2 Å². The first-order valence-electron chi connectivity index (χ1n) is 17.5.